The third-order valence-corrected chi connectivity index (χ3v) is 5.03. The highest BCUT2D eigenvalue weighted by Gasteiger charge is 2.50. The summed E-state index contributed by atoms with van der Waals surface area (Å²) in [6.07, 6.45) is 1.23. The molecule has 2 fully saturated rings. The van der Waals surface area contributed by atoms with E-state index < -0.39 is 17.6 Å². The molecule has 18 heavy (non-hydrogen) atoms. The van der Waals surface area contributed by atoms with Crippen molar-refractivity contribution in [3.8, 4) is 0 Å². The molecule has 2 N–H and O–H groups in total. The minimum Gasteiger partial charge on any atom is -0.329 e. The molecule has 0 radical (unpaired) electrons. The standard InChI is InChI=1S/C13H23F3N2/c1-18(11-5-2-6-11)12(9-17)7-3-4-10(8-12)13(14,15)16/h10-11H,2-9,17H2,1H3. The Labute approximate surface area is 107 Å². The Morgan fingerprint density at radius 1 is 1.22 bits per heavy atom. The van der Waals surface area contributed by atoms with Crippen LogP contribution in [0.4, 0.5) is 13.2 Å². The van der Waals surface area contributed by atoms with Crippen LogP contribution >= 0.6 is 0 Å². The van der Waals surface area contributed by atoms with Crippen LogP contribution in [0.15, 0.2) is 0 Å². The average Bonchev–Trinajstić information content (AvgIpc) is 2.25. The molecule has 2 aliphatic carbocycles. The summed E-state index contributed by atoms with van der Waals surface area (Å²) in [5.41, 5.74) is 5.43. The van der Waals surface area contributed by atoms with Gasteiger partial charge in [-0.05, 0) is 39.2 Å². The molecule has 0 aliphatic heterocycles. The average molecular weight is 264 g/mol. The van der Waals surface area contributed by atoms with Crippen molar-refractivity contribution in [2.45, 2.75) is 62.7 Å². The maximum atomic E-state index is 12.9. The highest BCUT2D eigenvalue weighted by atomic mass is 19.4. The zero-order valence-corrected chi connectivity index (χ0v) is 11.0. The Morgan fingerprint density at radius 2 is 1.89 bits per heavy atom. The number of hydrogen-bond acceptors (Lipinski definition) is 2. The zero-order chi connectivity index (χ0) is 13.4. The van der Waals surface area contributed by atoms with E-state index in [9.17, 15) is 13.2 Å². The van der Waals surface area contributed by atoms with Crippen LogP contribution in [0.5, 0.6) is 0 Å². The van der Waals surface area contributed by atoms with Gasteiger partial charge in [0, 0.05) is 18.1 Å². The van der Waals surface area contributed by atoms with Crippen LogP contribution in [0.2, 0.25) is 0 Å². The highest BCUT2D eigenvalue weighted by Crippen LogP contribution is 2.45. The second kappa shape index (κ2) is 5.00. The third-order valence-electron chi connectivity index (χ3n) is 5.03. The van der Waals surface area contributed by atoms with Gasteiger partial charge in [-0.3, -0.25) is 4.90 Å². The lowest BCUT2D eigenvalue weighted by Gasteiger charge is -2.52. The maximum Gasteiger partial charge on any atom is 0.391 e. The summed E-state index contributed by atoms with van der Waals surface area (Å²) in [5.74, 6) is -1.17. The molecular formula is C13H23F3N2. The van der Waals surface area contributed by atoms with Crippen LogP contribution in [0.3, 0.4) is 0 Å². The summed E-state index contributed by atoms with van der Waals surface area (Å²) in [6.45, 7) is 0.340. The number of halogens is 3. The fourth-order valence-corrected chi connectivity index (χ4v) is 3.43. The topological polar surface area (TPSA) is 29.3 Å². The van der Waals surface area contributed by atoms with E-state index in [0.717, 1.165) is 19.3 Å². The molecule has 2 nitrogen and oxygen atoms in total. The van der Waals surface area contributed by atoms with Crippen LogP contribution in [0.1, 0.15) is 44.9 Å². The van der Waals surface area contributed by atoms with Gasteiger partial charge in [0.05, 0.1) is 5.92 Å². The van der Waals surface area contributed by atoms with E-state index in [1.54, 1.807) is 0 Å². The summed E-state index contributed by atoms with van der Waals surface area (Å²) in [6, 6.07) is 0.445. The van der Waals surface area contributed by atoms with Gasteiger partial charge < -0.3 is 5.73 Å². The van der Waals surface area contributed by atoms with Crippen LogP contribution in [0, 0.1) is 5.92 Å². The molecule has 2 rings (SSSR count). The molecule has 2 saturated carbocycles. The lowest BCUT2D eigenvalue weighted by Crippen LogP contribution is -2.60. The van der Waals surface area contributed by atoms with Crippen LogP contribution < -0.4 is 5.73 Å². The first-order valence-electron chi connectivity index (χ1n) is 6.89. The summed E-state index contributed by atoms with van der Waals surface area (Å²) >= 11 is 0. The largest absolute Gasteiger partial charge is 0.391 e. The van der Waals surface area contributed by atoms with Gasteiger partial charge in [0.1, 0.15) is 0 Å². The monoisotopic (exact) mass is 264 g/mol. The Kier molecular flexibility index (Phi) is 3.93. The summed E-state index contributed by atoms with van der Waals surface area (Å²) < 4.78 is 38.8. The fourth-order valence-electron chi connectivity index (χ4n) is 3.43. The Balaban J connectivity index is 2.10. The van der Waals surface area contributed by atoms with Crippen molar-refractivity contribution >= 4 is 0 Å². The van der Waals surface area contributed by atoms with E-state index >= 15 is 0 Å². The molecule has 0 saturated heterocycles. The number of nitrogens with zero attached hydrogens (tertiary/aromatic N) is 1. The van der Waals surface area contributed by atoms with E-state index in [-0.39, 0.29) is 12.8 Å². The number of nitrogens with two attached hydrogens (primary N) is 1. The molecule has 0 bridgehead atoms. The van der Waals surface area contributed by atoms with Gasteiger partial charge in [-0.15, -0.1) is 0 Å². The molecule has 0 aromatic rings. The van der Waals surface area contributed by atoms with E-state index in [1.807, 2.05) is 7.05 Å². The first-order chi connectivity index (χ1) is 8.39. The normalized spacial score (nSPS) is 34.7. The number of rotatable bonds is 3. The van der Waals surface area contributed by atoms with E-state index in [2.05, 4.69) is 4.90 Å². The molecule has 0 aromatic heterocycles. The summed E-state index contributed by atoms with van der Waals surface area (Å²) in [7, 11) is 1.97. The maximum absolute atomic E-state index is 12.9. The van der Waals surface area contributed by atoms with Crippen molar-refractivity contribution in [1.82, 2.24) is 4.90 Å². The molecule has 2 aliphatic rings. The lowest BCUT2D eigenvalue weighted by molar-refractivity contribution is -0.195. The second-order valence-corrected chi connectivity index (χ2v) is 5.96. The summed E-state index contributed by atoms with van der Waals surface area (Å²) in [4.78, 5) is 2.16. The molecule has 106 valence electrons. The molecular weight excluding hydrogens is 241 g/mol. The molecule has 0 amide bonds. The van der Waals surface area contributed by atoms with Gasteiger partial charge >= 0.3 is 6.18 Å². The van der Waals surface area contributed by atoms with Crippen molar-refractivity contribution in [2.75, 3.05) is 13.6 Å². The molecule has 0 heterocycles. The number of hydrogen-bond donors (Lipinski definition) is 1. The minimum atomic E-state index is -4.07. The van der Waals surface area contributed by atoms with E-state index in [4.69, 9.17) is 5.73 Å². The van der Waals surface area contributed by atoms with Crippen LogP contribution in [-0.2, 0) is 0 Å². The Hall–Kier alpha value is -0.290. The van der Waals surface area contributed by atoms with Gasteiger partial charge in [-0.1, -0.05) is 12.8 Å². The quantitative estimate of drug-likeness (QED) is 0.849. The fraction of sp³-hybridized carbons (Fsp3) is 1.00. The minimum absolute atomic E-state index is 0.181. The van der Waals surface area contributed by atoms with Gasteiger partial charge in [0.25, 0.3) is 0 Å². The van der Waals surface area contributed by atoms with Crippen molar-refractivity contribution < 1.29 is 13.2 Å². The predicted molar refractivity (Wildman–Crippen MR) is 65.2 cm³/mol. The molecule has 0 spiro atoms. The lowest BCUT2D eigenvalue weighted by atomic mass is 9.72. The highest BCUT2D eigenvalue weighted by molar-refractivity contribution is 5.00. The Bertz CT molecular complexity index is 288. The van der Waals surface area contributed by atoms with Crippen molar-refractivity contribution in [3.05, 3.63) is 0 Å². The first-order valence-corrected chi connectivity index (χ1v) is 6.89. The van der Waals surface area contributed by atoms with Crippen LogP contribution in [0.25, 0.3) is 0 Å². The number of likely N-dealkylation sites (N-methyl/N-ethyl adjacent to an activating group) is 1. The molecule has 0 aromatic carbocycles. The molecule has 2 atom stereocenters. The molecule has 5 heteroatoms. The van der Waals surface area contributed by atoms with Gasteiger partial charge in [-0.25, -0.2) is 0 Å². The van der Waals surface area contributed by atoms with E-state index in [1.165, 1.54) is 6.42 Å². The van der Waals surface area contributed by atoms with Crippen molar-refractivity contribution in [3.63, 3.8) is 0 Å². The third kappa shape index (κ3) is 2.52. The van der Waals surface area contributed by atoms with Crippen molar-refractivity contribution in [2.24, 2.45) is 11.7 Å². The van der Waals surface area contributed by atoms with Gasteiger partial charge in [0.15, 0.2) is 0 Å². The van der Waals surface area contributed by atoms with Gasteiger partial charge in [0.2, 0.25) is 0 Å². The first kappa shape index (κ1) is 14.1. The SMILES string of the molecule is CN(C1CCC1)C1(CN)CCCC(C(F)(F)F)C1. The van der Waals surface area contributed by atoms with Crippen molar-refractivity contribution in [1.29, 1.82) is 0 Å². The smallest absolute Gasteiger partial charge is 0.329 e. The van der Waals surface area contributed by atoms with E-state index in [0.29, 0.717) is 19.0 Å². The summed E-state index contributed by atoms with van der Waals surface area (Å²) in [5, 5.41) is 0. The van der Waals surface area contributed by atoms with Crippen LogP contribution in [-0.4, -0.2) is 36.2 Å². The predicted octanol–water partition coefficient (Wildman–Crippen LogP) is 2.92. The molecule has 2 unspecified atom stereocenters. The number of alkyl halides is 3. The zero-order valence-electron chi connectivity index (χ0n) is 11.0. The Morgan fingerprint density at radius 3 is 2.33 bits per heavy atom. The second-order valence-electron chi connectivity index (χ2n) is 5.96. The van der Waals surface area contributed by atoms with Gasteiger partial charge in [-0.2, -0.15) is 13.2 Å².